The van der Waals surface area contributed by atoms with Crippen molar-refractivity contribution >= 4 is 12.0 Å². The number of likely N-dealkylation sites (tertiary alicyclic amines) is 1. The van der Waals surface area contributed by atoms with Gasteiger partial charge in [0.2, 0.25) is 5.91 Å². The maximum Gasteiger partial charge on any atom is 0.248 e. The van der Waals surface area contributed by atoms with Crippen molar-refractivity contribution in [3.8, 4) is 0 Å². The van der Waals surface area contributed by atoms with E-state index >= 15 is 0 Å². The van der Waals surface area contributed by atoms with Gasteiger partial charge in [-0.1, -0.05) is 42.5 Å². The van der Waals surface area contributed by atoms with Crippen LogP contribution in [0.15, 0.2) is 36.4 Å². The highest BCUT2D eigenvalue weighted by atomic mass is 16.5. The highest BCUT2D eigenvalue weighted by molar-refractivity contribution is 5.77. The van der Waals surface area contributed by atoms with Crippen LogP contribution in [0.3, 0.4) is 0 Å². The summed E-state index contributed by atoms with van der Waals surface area (Å²) in [5.41, 5.74) is 1.12. The molecule has 1 heterocycles. The Morgan fingerprint density at radius 1 is 1.30 bits per heavy atom. The first-order valence-corrected chi connectivity index (χ1v) is 7.01. The van der Waals surface area contributed by atoms with Gasteiger partial charge < -0.3 is 14.7 Å². The van der Waals surface area contributed by atoms with Crippen molar-refractivity contribution in [3.63, 3.8) is 0 Å². The molecule has 1 aromatic rings. The normalized spacial score (nSPS) is 16.8. The van der Waals surface area contributed by atoms with Crippen LogP contribution in [0.4, 0.5) is 0 Å². The fourth-order valence-electron chi connectivity index (χ4n) is 2.17. The third-order valence-electron chi connectivity index (χ3n) is 3.37. The summed E-state index contributed by atoms with van der Waals surface area (Å²) in [5.74, 6) is 0.00464. The second kappa shape index (κ2) is 7.82. The van der Waals surface area contributed by atoms with Gasteiger partial charge in [0.25, 0.3) is 0 Å². The zero-order valence-corrected chi connectivity index (χ0v) is 11.6. The maximum atomic E-state index is 11.8. The van der Waals surface area contributed by atoms with Gasteiger partial charge in [0.1, 0.15) is 6.61 Å². The summed E-state index contributed by atoms with van der Waals surface area (Å²) in [6, 6.07) is 9.97. The van der Waals surface area contributed by atoms with Crippen LogP contribution in [0, 0.1) is 0 Å². The Bertz CT molecular complexity index is 436. The molecule has 4 nitrogen and oxygen atoms in total. The van der Waals surface area contributed by atoms with Crippen molar-refractivity contribution in [1.29, 1.82) is 0 Å². The fourth-order valence-corrected chi connectivity index (χ4v) is 2.17. The van der Waals surface area contributed by atoms with E-state index in [9.17, 15) is 9.90 Å². The lowest BCUT2D eigenvalue weighted by Gasteiger charge is -2.29. The molecule has 1 amide bonds. The van der Waals surface area contributed by atoms with Crippen LogP contribution in [-0.2, 0) is 9.53 Å². The molecule has 0 aliphatic carbocycles. The quantitative estimate of drug-likeness (QED) is 0.832. The van der Waals surface area contributed by atoms with Crippen LogP contribution in [0.2, 0.25) is 0 Å². The number of benzene rings is 1. The van der Waals surface area contributed by atoms with Gasteiger partial charge in [-0.25, -0.2) is 0 Å². The van der Waals surface area contributed by atoms with E-state index in [0.717, 1.165) is 5.56 Å². The second-order valence-electron chi connectivity index (χ2n) is 4.94. The minimum Gasteiger partial charge on any atom is -0.393 e. The summed E-state index contributed by atoms with van der Waals surface area (Å²) in [5, 5.41) is 9.38. The van der Waals surface area contributed by atoms with E-state index in [4.69, 9.17) is 4.74 Å². The van der Waals surface area contributed by atoms with E-state index in [2.05, 4.69) is 0 Å². The van der Waals surface area contributed by atoms with Crippen LogP contribution in [0.5, 0.6) is 0 Å². The number of nitrogens with zero attached hydrogens (tertiary/aromatic N) is 1. The number of hydrogen-bond acceptors (Lipinski definition) is 3. The predicted molar refractivity (Wildman–Crippen MR) is 78.1 cm³/mol. The Kier molecular flexibility index (Phi) is 5.77. The van der Waals surface area contributed by atoms with E-state index in [1.807, 2.05) is 42.5 Å². The molecule has 1 fully saturated rings. The lowest BCUT2D eigenvalue weighted by molar-refractivity contribution is -0.137. The lowest BCUT2D eigenvalue weighted by Crippen LogP contribution is -2.41. The summed E-state index contributed by atoms with van der Waals surface area (Å²) >= 11 is 0. The predicted octanol–water partition coefficient (Wildman–Crippen LogP) is 1.70. The van der Waals surface area contributed by atoms with Crippen LogP contribution in [0.25, 0.3) is 6.08 Å². The van der Waals surface area contributed by atoms with E-state index in [-0.39, 0.29) is 18.6 Å². The first-order valence-electron chi connectivity index (χ1n) is 7.01. The largest absolute Gasteiger partial charge is 0.393 e. The second-order valence-corrected chi connectivity index (χ2v) is 4.94. The van der Waals surface area contributed by atoms with Crippen molar-refractivity contribution in [2.45, 2.75) is 18.9 Å². The average molecular weight is 275 g/mol. The number of aliphatic hydroxyl groups is 1. The number of carbonyl (C=O) groups excluding carboxylic acids is 1. The molecule has 1 aliphatic heterocycles. The van der Waals surface area contributed by atoms with Crippen molar-refractivity contribution in [3.05, 3.63) is 42.0 Å². The molecule has 2 rings (SSSR count). The Hall–Kier alpha value is -1.65. The van der Waals surface area contributed by atoms with Crippen LogP contribution in [0.1, 0.15) is 18.4 Å². The standard InChI is InChI=1S/C16H21NO3/c18-15-8-10-17(11-9-15)16(19)13-20-12-4-7-14-5-2-1-3-6-14/h1-7,15,18H,8-13H2/b7-4+. The Morgan fingerprint density at radius 3 is 2.70 bits per heavy atom. The van der Waals surface area contributed by atoms with Gasteiger partial charge in [-0.3, -0.25) is 4.79 Å². The van der Waals surface area contributed by atoms with Crippen molar-refractivity contribution in [2.24, 2.45) is 0 Å². The highest BCUT2D eigenvalue weighted by Crippen LogP contribution is 2.09. The van der Waals surface area contributed by atoms with Gasteiger partial charge in [0.05, 0.1) is 12.7 Å². The lowest BCUT2D eigenvalue weighted by atomic mass is 10.1. The van der Waals surface area contributed by atoms with Gasteiger partial charge in [-0.15, -0.1) is 0 Å². The molecule has 1 N–H and O–H groups in total. The number of ether oxygens (including phenoxy) is 1. The van der Waals surface area contributed by atoms with E-state index in [1.165, 1.54) is 0 Å². The van der Waals surface area contributed by atoms with Gasteiger partial charge in [-0.05, 0) is 18.4 Å². The summed E-state index contributed by atoms with van der Waals surface area (Å²) in [6.07, 6.45) is 4.96. The monoisotopic (exact) mass is 275 g/mol. The molecule has 108 valence electrons. The van der Waals surface area contributed by atoms with Gasteiger partial charge >= 0.3 is 0 Å². The molecule has 4 heteroatoms. The molecule has 0 aromatic heterocycles. The highest BCUT2D eigenvalue weighted by Gasteiger charge is 2.20. The Labute approximate surface area is 119 Å². The minimum atomic E-state index is -0.256. The maximum absolute atomic E-state index is 11.8. The number of amides is 1. The summed E-state index contributed by atoms with van der Waals surface area (Å²) in [7, 11) is 0. The minimum absolute atomic E-state index is 0.00464. The zero-order chi connectivity index (χ0) is 14.2. The Balaban J connectivity index is 1.63. The van der Waals surface area contributed by atoms with E-state index < -0.39 is 0 Å². The first-order chi connectivity index (χ1) is 9.75. The van der Waals surface area contributed by atoms with Gasteiger partial charge in [0.15, 0.2) is 0 Å². The number of carbonyl (C=O) groups is 1. The van der Waals surface area contributed by atoms with Crippen molar-refractivity contribution in [2.75, 3.05) is 26.3 Å². The average Bonchev–Trinajstić information content (AvgIpc) is 2.48. The molecule has 1 saturated heterocycles. The first kappa shape index (κ1) is 14.8. The molecular formula is C16H21NO3. The smallest absolute Gasteiger partial charge is 0.248 e. The van der Waals surface area contributed by atoms with Crippen LogP contribution < -0.4 is 0 Å². The third-order valence-corrected chi connectivity index (χ3v) is 3.37. The number of piperidine rings is 1. The van der Waals surface area contributed by atoms with Crippen LogP contribution >= 0.6 is 0 Å². The molecule has 0 radical (unpaired) electrons. The summed E-state index contributed by atoms with van der Waals surface area (Å²) in [4.78, 5) is 13.6. The van der Waals surface area contributed by atoms with Gasteiger partial charge in [-0.2, -0.15) is 0 Å². The summed E-state index contributed by atoms with van der Waals surface area (Å²) < 4.78 is 5.36. The molecule has 0 unspecified atom stereocenters. The van der Waals surface area contributed by atoms with Crippen molar-refractivity contribution in [1.82, 2.24) is 4.90 Å². The van der Waals surface area contributed by atoms with Crippen molar-refractivity contribution < 1.29 is 14.6 Å². The number of hydrogen-bond donors (Lipinski definition) is 1. The SMILES string of the molecule is O=C(COC/C=C/c1ccccc1)N1CCC(O)CC1. The fraction of sp³-hybridized carbons (Fsp3) is 0.438. The van der Waals surface area contributed by atoms with Gasteiger partial charge in [0, 0.05) is 13.1 Å². The Morgan fingerprint density at radius 2 is 2.00 bits per heavy atom. The molecule has 1 aromatic carbocycles. The molecule has 1 aliphatic rings. The molecular weight excluding hydrogens is 254 g/mol. The molecule has 0 saturated carbocycles. The third kappa shape index (κ3) is 4.79. The number of rotatable bonds is 5. The molecule has 0 atom stereocenters. The topological polar surface area (TPSA) is 49.8 Å². The van der Waals surface area contributed by atoms with E-state index in [0.29, 0.717) is 32.5 Å². The molecule has 0 bridgehead atoms. The number of aliphatic hydroxyl groups excluding tert-OH is 1. The van der Waals surface area contributed by atoms with Crippen LogP contribution in [-0.4, -0.2) is 48.3 Å². The molecule has 20 heavy (non-hydrogen) atoms. The van der Waals surface area contributed by atoms with E-state index in [1.54, 1.807) is 4.90 Å². The summed E-state index contributed by atoms with van der Waals surface area (Å²) in [6.45, 7) is 1.79. The molecule has 0 spiro atoms. The zero-order valence-electron chi connectivity index (χ0n) is 11.6.